The molecular weight excluding hydrogens is 320 g/mol. The summed E-state index contributed by atoms with van der Waals surface area (Å²) in [5.74, 6) is 1.08. The molecule has 0 bridgehead atoms. The van der Waals surface area contributed by atoms with Gasteiger partial charge in [0.1, 0.15) is 0 Å². The van der Waals surface area contributed by atoms with Crippen molar-refractivity contribution >= 4 is 11.8 Å². The predicted octanol–water partition coefficient (Wildman–Crippen LogP) is 6.76. The lowest BCUT2D eigenvalue weighted by atomic mass is 9.84. The Morgan fingerprint density at radius 1 is 0.560 bits per heavy atom. The largest absolute Gasteiger partial charge is 0.140 e. The molecule has 0 spiro atoms. The summed E-state index contributed by atoms with van der Waals surface area (Å²) >= 11 is 2.04. The first-order chi connectivity index (χ1) is 12.0. The van der Waals surface area contributed by atoms with E-state index in [-0.39, 0.29) is 10.2 Å². The van der Waals surface area contributed by atoms with Crippen molar-refractivity contribution in [1.29, 1.82) is 0 Å². The highest BCUT2D eigenvalue weighted by Gasteiger charge is 2.37. The zero-order valence-electron chi connectivity index (χ0n) is 15.3. The molecule has 3 aromatic rings. The average molecular weight is 347 g/mol. The van der Waals surface area contributed by atoms with Gasteiger partial charge in [0, 0.05) is 0 Å². The summed E-state index contributed by atoms with van der Waals surface area (Å²) in [5, 5.41) is 0. The van der Waals surface area contributed by atoms with E-state index in [2.05, 4.69) is 112 Å². The summed E-state index contributed by atoms with van der Waals surface area (Å²) in [5.41, 5.74) is 4.26. The van der Waals surface area contributed by atoms with Crippen LogP contribution in [0, 0.1) is 5.41 Å². The van der Waals surface area contributed by atoms with Crippen molar-refractivity contribution in [2.45, 2.75) is 25.5 Å². The number of hydrogen-bond acceptors (Lipinski definition) is 1. The Morgan fingerprint density at radius 2 is 0.880 bits per heavy atom. The van der Waals surface area contributed by atoms with Crippen LogP contribution in [0.25, 0.3) is 0 Å². The van der Waals surface area contributed by atoms with Crippen molar-refractivity contribution in [2.75, 3.05) is 5.75 Å². The van der Waals surface area contributed by atoms with Gasteiger partial charge in [-0.15, -0.1) is 11.8 Å². The fraction of sp³-hybridized carbons (Fsp3) is 0.250. The lowest BCUT2D eigenvalue weighted by molar-refractivity contribution is 0.479. The van der Waals surface area contributed by atoms with Gasteiger partial charge in [0.2, 0.25) is 0 Å². The van der Waals surface area contributed by atoms with Gasteiger partial charge in [0.15, 0.2) is 0 Å². The van der Waals surface area contributed by atoms with Crippen molar-refractivity contribution in [3.8, 4) is 0 Å². The van der Waals surface area contributed by atoms with Crippen LogP contribution in [-0.4, -0.2) is 5.75 Å². The van der Waals surface area contributed by atoms with Crippen LogP contribution >= 0.6 is 11.8 Å². The maximum atomic E-state index is 2.31. The summed E-state index contributed by atoms with van der Waals surface area (Å²) < 4.78 is -0.197. The van der Waals surface area contributed by atoms with Crippen molar-refractivity contribution in [1.82, 2.24) is 0 Å². The van der Waals surface area contributed by atoms with Crippen LogP contribution in [0.2, 0.25) is 0 Å². The molecule has 0 atom stereocenters. The first kappa shape index (κ1) is 17.8. The van der Waals surface area contributed by atoms with Gasteiger partial charge in [-0.05, 0) is 27.9 Å². The second kappa shape index (κ2) is 7.49. The highest BCUT2D eigenvalue weighted by atomic mass is 32.2. The van der Waals surface area contributed by atoms with Crippen molar-refractivity contribution in [2.24, 2.45) is 5.41 Å². The van der Waals surface area contributed by atoms with Gasteiger partial charge in [-0.3, -0.25) is 0 Å². The molecule has 1 heteroatoms. The van der Waals surface area contributed by atoms with Crippen LogP contribution in [0.3, 0.4) is 0 Å². The number of hydrogen-bond donors (Lipinski definition) is 0. The standard InChI is InChI=1S/C24H26S/c1-23(2,3)19-25-24(20-13-7-4-8-14-20,21-15-9-5-10-16-21)22-17-11-6-12-18-22/h4-18H,19H2,1-3H3. The first-order valence-corrected chi connectivity index (χ1v) is 9.81. The Labute approximate surface area is 156 Å². The molecule has 0 nitrogen and oxygen atoms in total. The Morgan fingerprint density at radius 3 is 1.16 bits per heavy atom. The second-order valence-corrected chi connectivity index (χ2v) is 8.82. The van der Waals surface area contributed by atoms with E-state index in [0.29, 0.717) is 0 Å². The summed E-state index contributed by atoms with van der Waals surface area (Å²) in [4.78, 5) is 0. The van der Waals surface area contributed by atoms with E-state index >= 15 is 0 Å². The van der Waals surface area contributed by atoms with Gasteiger partial charge in [-0.1, -0.05) is 112 Å². The molecule has 0 N–H and O–H groups in total. The van der Waals surface area contributed by atoms with Crippen LogP contribution < -0.4 is 0 Å². The second-order valence-electron chi connectivity index (χ2n) is 7.63. The molecule has 128 valence electrons. The monoisotopic (exact) mass is 346 g/mol. The van der Waals surface area contributed by atoms with Crippen LogP contribution in [0.5, 0.6) is 0 Å². The average Bonchev–Trinajstić information content (AvgIpc) is 2.64. The Kier molecular flexibility index (Phi) is 5.34. The summed E-state index contributed by atoms with van der Waals surface area (Å²) in [7, 11) is 0. The smallest absolute Gasteiger partial charge is 0.0907 e. The fourth-order valence-corrected chi connectivity index (χ4v) is 4.65. The number of rotatable bonds is 5. The molecule has 0 heterocycles. The minimum Gasteiger partial charge on any atom is -0.140 e. The quantitative estimate of drug-likeness (QED) is 0.460. The molecule has 0 fully saturated rings. The van der Waals surface area contributed by atoms with Gasteiger partial charge in [-0.25, -0.2) is 0 Å². The Balaban J connectivity index is 2.24. The molecule has 3 rings (SSSR count). The van der Waals surface area contributed by atoms with Crippen LogP contribution in [-0.2, 0) is 4.75 Å². The Bertz CT molecular complexity index is 674. The summed E-state index contributed by atoms with van der Waals surface area (Å²) in [6.45, 7) is 6.93. The minimum atomic E-state index is -0.197. The normalized spacial score (nSPS) is 12.1. The van der Waals surface area contributed by atoms with E-state index in [0.717, 1.165) is 5.75 Å². The van der Waals surface area contributed by atoms with Crippen LogP contribution in [0.1, 0.15) is 37.5 Å². The van der Waals surface area contributed by atoms with Crippen LogP contribution in [0.15, 0.2) is 91.0 Å². The number of benzene rings is 3. The molecule has 25 heavy (non-hydrogen) atoms. The molecule has 0 aromatic heterocycles. The Hall–Kier alpha value is -1.99. The molecule has 3 aromatic carbocycles. The molecule has 0 amide bonds. The van der Waals surface area contributed by atoms with E-state index in [1.807, 2.05) is 11.8 Å². The SMILES string of the molecule is CC(C)(C)CSC(c1ccccc1)(c1ccccc1)c1ccccc1. The molecule has 0 saturated heterocycles. The van der Waals surface area contributed by atoms with E-state index in [9.17, 15) is 0 Å². The van der Waals surface area contributed by atoms with Gasteiger partial charge in [0.25, 0.3) is 0 Å². The van der Waals surface area contributed by atoms with Crippen molar-refractivity contribution in [3.05, 3.63) is 108 Å². The predicted molar refractivity (Wildman–Crippen MR) is 111 cm³/mol. The molecule has 0 aliphatic heterocycles. The molecular formula is C24H26S. The maximum absolute atomic E-state index is 2.31. The topological polar surface area (TPSA) is 0 Å². The van der Waals surface area contributed by atoms with Crippen LogP contribution in [0.4, 0.5) is 0 Å². The van der Waals surface area contributed by atoms with Gasteiger partial charge in [-0.2, -0.15) is 0 Å². The maximum Gasteiger partial charge on any atom is 0.0907 e. The zero-order chi connectivity index (χ0) is 17.8. The molecule has 0 unspecified atom stereocenters. The molecule has 0 radical (unpaired) electrons. The molecule has 0 saturated carbocycles. The van der Waals surface area contributed by atoms with E-state index in [4.69, 9.17) is 0 Å². The van der Waals surface area contributed by atoms with Crippen molar-refractivity contribution < 1.29 is 0 Å². The van der Waals surface area contributed by atoms with Gasteiger partial charge < -0.3 is 0 Å². The van der Waals surface area contributed by atoms with Crippen molar-refractivity contribution in [3.63, 3.8) is 0 Å². The highest BCUT2D eigenvalue weighted by Crippen LogP contribution is 2.49. The third-order valence-electron chi connectivity index (χ3n) is 4.26. The third kappa shape index (κ3) is 3.99. The molecule has 0 aliphatic carbocycles. The highest BCUT2D eigenvalue weighted by molar-refractivity contribution is 8.00. The van der Waals surface area contributed by atoms with E-state index < -0.39 is 0 Å². The fourth-order valence-electron chi connectivity index (χ4n) is 3.09. The zero-order valence-corrected chi connectivity index (χ0v) is 16.1. The lowest BCUT2D eigenvalue weighted by Crippen LogP contribution is -2.28. The third-order valence-corrected chi connectivity index (χ3v) is 6.41. The molecule has 0 aliphatic rings. The van der Waals surface area contributed by atoms with Gasteiger partial charge >= 0.3 is 0 Å². The lowest BCUT2D eigenvalue weighted by Gasteiger charge is -2.37. The minimum absolute atomic E-state index is 0.197. The first-order valence-electron chi connectivity index (χ1n) is 8.83. The summed E-state index contributed by atoms with van der Waals surface area (Å²) in [6, 6.07) is 32.7. The van der Waals surface area contributed by atoms with Gasteiger partial charge in [0.05, 0.1) is 4.75 Å². The number of thioether (sulfide) groups is 1. The van der Waals surface area contributed by atoms with E-state index in [1.54, 1.807) is 0 Å². The summed E-state index contributed by atoms with van der Waals surface area (Å²) in [6.07, 6.45) is 0. The van der Waals surface area contributed by atoms with E-state index in [1.165, 1.54) is 16.7 Å².